The minimum atomic E-state index is -1.79. The molecule has 228 valence electrons. The zero-order valence-corrected chi connectivity index (χ0v) is 27.5. The van der Waals surface area contributed by atoms with Crippen LogP contribution in [0.25, 0.3) is 0 Å². The predicted molar refractivity (Wildman–Crippen MR) is 165 cm³/mol. The first-order valence-corrected chi connectivity index (χ1v) is 15.6. The molecule has 6 atom stereocenters. The van der Waals surface area contributed by atoms with Crippen LogP contribution in [0.4, 0.5) is 0 Å². The van der Waals surface area contributed by atoms with Crippen LogP contribution < -0.4 is 0 Å². The molecule has 0 saturated heterocycles. The Kier molecular flexibility index (Phi) is 9.55. The van der Waals surface area contributed by atoms with E-state index in [-0.39, 0.29) is 29.7 Å². The number of carbonyl (C=O) groups excluding carboxylic acids is 3. The number of ketones is 3. The smallest absolute Gasteiger partial charge is 0.184 e. The quantitative estimate of drug-likeness (QED) is 0.202. The van der Waals surface area contributed by atoms with Gasteiger partial charge in [0.05, 0.1) is 11.0 Å². The first kappa shape index (κ1) is 33.2. The number of aliphatic hydroxyl groups is 1. The molecule has 0 aromatic rings. The number of carbonyl (C=O) groups is 3. The van der Waals surface area contributed by atoms with Crippen molar-refractivity contribution in [1.29, 1.82) is 0 Å². The Morgan fingerprint density at radius 3 is 2.15 bits per heavy atom. The fourth-order valence-corrected chi connectivity index (χ4v) is 7.45. The molecule has 1 N–H and O–H groups in total. The van der Waals surface area contributed by atoms with E-state index in [9.17, 15) is 9.90 Å². The normalized spacial score (nSPS) is 31.7. The van der Waals surface area contributed by atoms with Gasteiger partial charge in [-0.2, -0.15) is 0 Å². The Hall–Kier alpha value is -2.27. The van der Waals surface area contributed by atoms with Crippen LogP contribution >= 0.6 is 0 Å². The monoisotopic (exact) mass is 566 g/mol. The predicted octanol–water partition coefficient (Wildman–Crippen LogP) is 8.03. The second kappa shape index (κ2) is 11.8. The maximum absolute atomic E-state index is 15.4. The summed E-state index contributed by atoms with van der Waals surface area (Å²) >= 11 is 0. The van der Waals surface area contributed by atoms with Crippen LogP contribution in [-0.2, 0) is 19.1 Å². The number of rotatable bonds is 11. The molecule has 0 aromatic heterocycles. The van der Waals surface area contributed by atoms with Gasteiger partial charge in [-0.25, -0.2) is 0 Å². The number of fused-ring (bicyclic) bond motifs is 3. The van der Waals surface area contributed by atoms with Crippen molar-refractivity contribution in [3.63, 3.8) is 0 Å². The zero-order valence-electron chi connectivity index (χ0n) is 27.5. The van der Waals surface area contributed by atoms with Crippen molar-refractivity contribution in [2.45, 2.75) is 133 Å². The lowest BCUT2D eigenvalue weighted by atomic mass is 9.38. The van der Waals surface area contributed by atoms with Gasteiger partial charge >= 0.3 is 0 Å². The van der Waals surface area contributed by atoms with Gasteiger partial charge in [0.25, 0.3) is 0 Å². The van der Waals surface area contributed by atoms with Crippen LogP contribution in [0.15, 0.2) is 46.3 Å². The van der Waals surface area contributed by atoms with E-state index in [0.717, 1.165) is 5.57 Å². The lowest BCUT2D eigenvalue weighted by Crippen LogP contribution is -2.70. The lowest BCUT2D eigenvalue weighted by molar-refractivity contribution is -0.181. The molecule has 1 fully saturated rings. The van der Waals surface area contributed by atoms with Crippen LogP contribution in [-0.4, -0.2) is 34.2 Å². The Morgan fingerprint density at radius 2 is 1.63 bits per heavy atom. The summed E-state index contributed by atoms with van der Waals surface area (Å²) in [5.74, 6) is -1.01. The van der Waals surface area contributed by atoms with Crippen molar-refractivity contribution in [3.05, 3.63) is 46.3 Å². The van der Waals surface area contributed by atoms with Gasteiger partial charge in [0, 0.05) is 17.9 Å². The fraction of sp³-hybridized carbons (Fsp3) is 0.694. The van der Waals surface area contributed by atoms with E-state index in [4.69, 9.17) is 4.74 Å². The minimum absolute atomic E-state index is 0.0954. The van der Waals surface area contributed by atoms with Gasteiger partial charge in [0.15, 0.2) is 22.8 Å². The van der Waals surface area contributed by atoms with Gasteiger partial charge < -0.3 is 9.84 Å². The van der Waals surface area contributed by atoms with Crippen molar-refractivity contribution >= 4 is 17.3 Å². The number of hydrogen-bond acceptors (Lipinski definition) is 5. The third-order valence-electron chi connectivity index (χ3n) is 10.2. The molecule has 0 amide bonds. The van der Waals surface area contributed by atoms with E-state index in [1.807, 2.05) is 34.6 Å². The highest BCUT2D eigenvalue weighted by molar-refractivity contribution is 6.33. The molecule has 1 unspecified atom stereocenters. The highest BCUT2D eigenvalue weighted by Crippen LogP contribution is 2.69. The van der Waals surface area contributed by atoms with Crippen LogP contribution in [0.1, 0.15) is 121 Å². The molecule has 1 saturated carbocycles. The summed E-state index contributed by atoms with van der Waals surface area (Å²) in [4.78, 5) is 45.2. The number of allylic oxidation sites excluding steroid dienone is 7. The van der Waals surface area contributed by atoms with E-state index in [1.54, 1.807) is 13.8 Å². The number of ether oxygens (including phenoxy) is 1. The molecule has 0 spiro atoms. The Bertz CT molecular complexity index is 1190. The third-order valence-corrected chi connectivity index (χ3v) is 10.2. The zero-order chi connectivity index (χ0) is 31.1. The van der Waals surface area contributed by atoms with Gasteiger partial charge in [-0.05, 0) is 105 Å². The summed E-state index contributed by atoms with van der Waals surface area (Å²) in [5, 5.41) is 11.0. The molecule has 1 heterocycles. The van der Waals surface area contributed by atoms with Crippen LogP contribution in [0.3, 0.4) is 0 Å². The SMILES string of the molecule is CCC(C)C(=O)[C@@]12C(=O)C3=C(O[C@@H](C(C)(C)O)C3)[C@@](CC=C(C)C)(C[C@H](CC=C(C)C)[C@@]1(C)CCC=C(C)C)C2=O. The summed E-state index contributed by atoms with van der Waals surface area (Å²) in [7, 11) is 0. The van der Waals surface area contributed by atoms with E-state index < -0.39 is 33.9 Å². The molecular weight excluding hydrogens is 512 g/mol. The Labute approximate surface area is 248 Å². The van der Waals surface area contributed by atoms with E-state index in [0.29, 0.717) is 49.9 Å². The maximum Gasteiger partial charge on any atom is 0.184 e. The van der Waals surface area contributed by atoms with Crippen molar-refractivity contribution < 1.29 is 24.2 Å². The highest BCUT2D eigenvalue weighted by Gasteiger charge is 2.77. The molecular formula is C36H54O5. The first-order valence-electron chi connectivity index (χ1n) is 15.6. The van der Waals surface area contributed by atoms with Crippen molar-refractivity contribution in [3.8, 4) is 0 Å². The highest BCUT2D eigenvalue weighted by atomic mass is 16.5. The molecule has 3 rings (SSSR count). The maximum atomic E-state index is 15.4. The average molecular weight is 567 g/mol. The summed E-state index contributed by atoms with van der Waals surface area (Å²) in [6.07, 6.45) is 9.33. The second-order valence-electron chi connectivity index (χ2n) is 14.6. The van der Waals surface area contributed by atoms with Crippen LogP contribution in [0.2, 0.25) is 0 Å². The van der Waals surface area contributed by atoms with Gasteiger partial charge in [0.2, 0.25) is 0 Å². The topological polar surface area (TPSA) is 80.7 Å². The summed E-state index contributed by atoms with van der Waals surface area (Å²) in [6, 6.07) is 0. The molecule has 5 nitrogen and oxygen atoms in total. The molecule has 1 aliphatic heterocycles. The van der Waals surface area contributed by atoms with Crippen molar-refractivity contribution in [1.82, 2.24) is 0 Å². The second-order valence-corrected chi connectivity index (χ2v) is 14.6. The molecule has 0 radical (unpaired) electrons. The standard InChI is InChI=1S/C36H54O5/c1-12-25(8)29(37)36-30(38)27-20-28(33(9,10)40)41-31(27)35(32(36)39,19-17-24(6)7)21-26(16-15-23(4)5)34(36,11)18-13-14-22(2)3/h14-15,17,25-26,28,40H,12-13,16,18-21H2,1-11H3/t25?,26-,28+,34+,35+,36-/m0/s1. The molecule has 3 aliphatic rings. The fourth-order valence-electron chi connectivity index (χ4n) is 7.45. The number of Topliss-reactive ketones (excluding diaryl/α,β-unsaturated/α-hetero) is 3. The summed E-state index contributed by atoms with van der Waals surface area (Å²) in [5.41, 5.74) is -1.14. The molecule has 5 heteroatoms. The third kappa shape index (κ3) is 5.48. The summed E-state index contributed by atoms with van der Waals surface area (Å²) in [6.45, 7) is 21.5. The largest absolute Gasteiger partial charge is 0.490 e. The minimum Gasteiger partial charge on any atom is -0.490 e. The van der Waals surface area contributed by atoms with Gasteiger partial charge in [0.1, 0.15) is 11.9 Å². The lowest BCUT2D eigenvalue weighted by Gasteiger charge is -2.61. The van der Waals surface area contributed by atoms with Gasteiger partial charge in [-0.3, -0.25) is 14.4 Å². The molecule has 2 bridgehead atoms. The first-order chi connectivity index (χ1) is 18.9. The summed E-state index contributed by atoms with van der Waals surface area (Å²) < 4.78 is 6.48. The molecule has 0 aromatic carbocycles. The van der Waals surface area contributed by atoms with Crippen molar-refractivity contribution in [2.24, 2.45) is 28.1 Å². The van der Waals surface area contributed by atoms with Crippen LogP contribution in [0.5, 0.6) is 0 Å². The van der Waals surface area contributed by atoms with E-state index in [1.165, 1.54) is 11.1 Å². The van der Waals surface area contributed by atoms with Gasteiger partial charge in [-0.15, -0.1) is 0 Å². The van der Waals surface area contributed by atoms with Crippen molar-refractivity contribution in [2.75, 3.05) is 0 Å². The number of hydrogen-bond donors (Lipinski definition) is 1. The van der Waals surface area contributed by atoms with Gasteiger partial charge in [-0.1, -0.05) is 55.7 Å². The molecule has 2 aliphatic carbocycles. The average Bonchev–Trinajstić information content (AvgIpc) is 3.33. The van der Waals surface area contributed by atoms with E-state index >= 15 is 9.59 Å². The Balaban J connectivity index is 2.45. The Morgan fingerprint density at radius 1 is 1.05 bits per heavy atom. The van der Waals surface area contributed by atoms with Crippen LogP contribution in [0, 0.1) is 28.1 Å². The van der Waals surface area contributed by atoms with E-state index in [2.05, 4.69) is 45.9 Å². The molecule has 41 heavy (non-hydrogen) atoms.